The molecule has 0 fully saturated rings. The molecule has 0 atom stereocenters. The molecular weight excluding hydrogens is 250 g/mol. The highest BCUT2D eigenvalue weighted by molar-refractivity contribution is 5.95. The van der Waals surface area contributed by atoms with Gasteiger partial charge in [0.05, 0.1) is 23.1 Å². The number of nitrogen functional groups attached to an aromatic ring is 1. The van der Waals surface area contributed by atoms with Gasteiger partial charge in [-0.2, -0.15) is 0 Å². The second-order valence-corrected chi connectivity index (χ2v) is 4.83. The first-order valence-corrected chi connectivity index (χ1v) is 6.63. The summed E-state index contributed by atoms with van der Waals surface area (Å²) in [5.74, 6) is -0.129. The summed E-state index contributed by atoms with van der Waals surface area (Å²) in [4.78, 5) is 16.2. The van der Waals surface area contributed by atoms with Gasteiger partial charge in [-0.1, -0.05) is 24.3 Å². The smallest absolute Gasteiger partial charge is 0.253 e. The maximum atomic E-state index is 12.1. The molecule has 4 heteroatoms. The number of rotatable bonds is 4. The standard InChI is InChI=1S/C16H19N3O/c1-11-5-3-4-6-13(11)7-8-18-16(20)15-9-14(17)10-19-12(15)2/h3-6,9-10H,7-8,17H2,1-2H3,(H,18,20). The van der Waals surface area contributed by atoms with Crippen molar-refractivity contribution < 1.29 is 4.79 Å². The Morgan fingerprint density at radius 3 is 2.80 bits per heavy atom. The number of nitrogens with one attached hydrogen (secondary N) is 1. The van der Waals surface area contributed by atoms with Crippen molar-refractivity contribution in [2.24, 2.45) is 0 Å². The Balaban J connectivity index is 1.96. The summed E-state index contributed by atoms with van der Waals surface area (Å²) in [5, 5.41) is 2.91. The van der Waals surface area contributed by atoms with E-state index in [1.807, 2.05) is 12.1 Å². The SMILES string of the molecule is Cc1ccccc1CCNC(=O)c1cc(N)cnc1C. The van der Waals surface area contributed by atoms with Gasteiger partial charge in [-0.3, -0.25) is 9.78 Å². The first-order valence-electron chi connectivity index (χ1n) is 6.63. The monoisotopic (exact) mass is 269 g/mol. The predicted octanol–water partition coefficient (Wildman–Crippen LogP) is 2.25. The molecule has 4 nitrogen and oxygen atoms in total. The fourth-order valence-corrected chi connectivity index (χ4v) is 2.08. The van der Waals surface area contributed by atoms with Crippen molar-refractivity contribution in [2.75, 3.05) is 12.3 Å². The molecule has 3 N–H and O–H groups in total. The molecule has 104 valence electrons. The Kier molecular flexibility index (Phi) is 4.35. The highest BCUT2D eigenvalue weighted by Gasteiger charge is 2.10. The number of anilines is 1. The molecule has 0 spiro atoms. The third-order valence-corrected chi connectivity index (χ3v) is 3.29. The van der Waals surface area contributed by atoms with Crippen LogP contribution in [0.15, 0.2) is 36.5 Å². The Labute approximate surface area is 119 Å². The van der Waals surface area contributed by atoms with E-state index in [-0.39, 0.29) is 5.91 Å². The van der Waals surface area contributed by atoms with Crippen molar-refractivity contribution in [2.45, 2.75) is 20.3 Å². The number of carbonyl (C=O) groups excluding carboxylic acids is 1. The van der Waals surface area contributed by atoms with E-state index in [9.17, 15) is 4.79 Å². The van der Waals surface area contributed by atoms with E-state index in [2.05, 4.69) is 29.4 Å². The van der Waals surface area contributed by atoms with E-state index >= 15 is 0 Å². The Bertz CT molecular complexity index is 623. The predicted molar refractivity (Wildman–Crippen MR) is 80.6 cm³/mol. The number of hydrogen-bond acceptors (Lipinski definition) is 3. The van der Waals surface area contributed by atoms with Gasteiger partial charge in [-0.05, 0) is 37.5 Å². The van der Waals surface area contributed by atoms with Crippen LogP contribution in [-0.2, 0) is 6.42 Å². The van der Waals surface area contributed by atoms with Crippen molar-refractivity contribution in [3.8, 4) is 0 Å². The summed E-state index contributed by atoms with van der Waals surface area (Å²) in [6, 6.07) is 9.83. The molecule has 0 aliphatic heterocycles. The summed E-state index contributed by atoms with van der Waals surface area (Å²) in [5.41, 5.74) is 9.87. The average Bonchev–Trinajstić information content (AvgIpc) is 2.43. The number of aromatic nitrogens is 1. The summed E-state index contributed by atoms with van der Waals surface area (Å²) >= 11 is 0. The molecule has 0 aliphatic carbocycles. The highest BCUT2D eigenvalue weighted by atomic mass is 16.1. The van der Waals surface area contributed by atoms with Crippen LogP contribution in [0.1, 0.15) is 27.2 Å². The molecule has 0 radical (unpaired) electrons. The van der Waals surface area contributed by atoms with Gasteiger partial charge < -0.3 is 11.1 Å². The second-order valence-electron chi connectivity index (χ2n) is 4.83. The minimum Gasteiger partial charge on any atom is -0.397 e. The molecule has 0 saturated carbocycles. The fraction of sp³-hybridized carbons (Fsp3) is 0.250. The van der Waals surface area contributed by atoms with Gasteiger partial charge in [0.25, 0.3) is 5.91 Å². The van der Waals surface area contributed by atoms with Crippen LogP contribution in [0.3, 0.4) is 0 Å². The number of amides is 1. The Morgan fingerprint density at radius 1 is 1.30 bits per heavy atom. The molecule has 1 amide bonds. The van der Waals surface area contributed by atoms with Crippen LogP contribution >= 0.6 is 0 Å². The van der Waals surface area contributed by atoms with Crippen molar-refractivity contribution in [1.29, 1.82) is 0 Å². The molecule has 1 aromatic carbocycles. The lowest BCUT2D eigenvalue weighted by atomic mass is 10.1. The third kappa shape index (κ3) is 3.35. The average molecular weight is 269 g/mol. The molecule has 0 aliphatic rings. The van der Waals surface area contributed by atoms with Crippen molar-refractivity contribution in [3.05, 3.63) is 58.9 Å². The number of benzene rings is 1. The number of nitrogens with two attached hydrogens (primary N) is 1. The zero-order chi connectivity index (χ0) is 14.5. The topological polar surface area (TPSA) is 68.0 Å². The first-order chi connectivity index (χ1) is 9.58. The lowest BCUT2D eigenvalue weighted by molar-refractivity contribution is 0.0953. The fourth-order valence-electron chi connectivity index (χ4n) is 2.08. The number of pyridine rings is 1. The van der Waals surface area contributed by atoms with Crippen LogP contribution < -0.4 is 11.1 Å². The molecule has 0 unspecified atom stereocenters. The third-order valence-electron chi connectivity index (χ3n) is 3.29. The summed E-state index contributed by atoms with van der Waals surface area (Å²) in [6.07, 6.45) is 2.37. The van der Waals surface area contributed by atoms with E-state index < -0.39 is 0 Å². The van der Waals surface area contributed by atoms with Crippen LogP contribution in [-0.4, -0.2) is 17.4 Å². The van der Waals surface area contributed by atoms with Crippen LogP contribution in [0.4, 0.5) is 5.69 Å². The lowest BCUT2D eigenvalue weighted by Crippen LogP contribution is -2.26. The van der Waals surface area contributed by atoms with Gasteiger partial charge in [0.1, 0.15) is 0 Å². The zero-order valence-electron chi connectivity index (χ0n) is 11.8. The van der Waals surface area contributed by atoms with Crippen LogP contribution in [0.25, 0.3) is 0 Å². The molecule has 1 aromatic heterocycles. The molecule has 2 rings (SSSR count). The van der Waals surface area contributed by atoms with Gasteiger partial charge in [0, 0.05) is 6.54 Å². The normalized spacial score (nSPS) is 10.3. The summed E-state index contributed by atoms with van der Waals surface area (Å²) < 4.78 is 0. The molecule has 20 heavy (non-hydrogen) atoms. The van der Waals surface area contributed by atoms with Crippen LogP contribution in [0.2, 0.25) is 0 Å². The Morgan fingerprint density at radius 2 is 2.05 bits per heavy atom. The molecular formula is C16H19N3O. The first kappa shape index (κ1) is 14.1. The lowest BCUT2D eigenvalue weighted by Gasteiger charge is -2.09. The second kappa shape index (κ2) is 6.19. The minimum absolute atomic E-state index is 0.129. The van der Waals surface area contributed by atoms with Crippen molar-refractivity contribution >= 4 is 11.6 Å². The van der Waals surface area contributed by atoms with Gasteiger partial charge in [-0.15, -0.1) is 0 Å². The largest absolute Gasteiger partial charge is 0.397 e. The summed E-state index contributed by atoms with van der Waals surface area (Å²) in [7, 11) is 0. The maximum Gasteiger partial charge on any atom is 0.253 e. The number of carbonyl (C=O) groups is 1. The van der Waals surface area contributed by atoms with Crippen molar-refractivity contribution in [3.63, 3.8) is 0 Å². The van der Waals surface area contributed by atoms with E-state index in [0.717, 1.165) is 6.42 Å². The molecule has 0 saturated heterocycles. The van der Waals surface area contributed by atoms with E-state index in [1.165, 1.54) is 11.1 Å². The highest BCUT2D eigenvalue weighted by Crippen LogP contribution is 2.10. The minimum atomic E-state index is -0.129. The summed E-state index contributed by atoms with van der Waals surface area (Å²) in [6.45, 7) is 4.47. The molecule has 1 heterocycles. The van der Waals surface area contributed by atoms with Crippen LogP contribution in [0, 0.1) is 13.8 Å². The molecule has 0 bridgehead atoms. The number of nitrogens with zero attached hydrogens (tertiary/aromatic N) is 1. The van der Waals surface area contributed by atoms with Gasteiger partial charge in [-0.25, -0.2) is 0 Å². The van der Waals surface area contributed by atoms with Gasteiger partial charge in [0.15, 0.2) is 0 Å². The zero-order valence-corrected chi connectivity index (χ0v) is 11.8. The molecule has 2 aromatic rings. The van der Waals surface area contributed by atoms with E-state index in [0.29, 0.717) is 23.5 Å². The number of aryl methyl sites for hydroxylation is 2. The maximum absolute atomic E-state index is 12.1. The van der Waals surface area contributed by atoms with E-state index in [4.69, 9.17) is 5.73 Å². The van der Waals surface area contributed by atoms with Crippen LogP contribution in [0.5, 0.6) is 0 Å². The quantitative estimate of drug-likeness (QED) is 0.894. The van der Waals surface area contributed by atoms with Crippen molar-refractivity contribution in [1.82, 2.24) is 10.3 Å². The number of hydrogen-bond donors (Lipinski definition) is 2. The Hall–Kier alpha value is -2.36. The van der Waals surface area contributed by atoms with Gasteiger partial charge in [0.2, 0.25) is 0 Å². The van der Waals surface area contributed by atoms with Gasteiger partial charge >= 0.3 is 0 Å². The van der Waals surface area contributed by atoms with E-state index in [1.54, 1.807) is 19.2 Å².